The van der Waals surface area contributed by atoms with Gasteiger partial charge < -0.3 is 14.5 Å². The number of benzene rings is 4. The van der Waals surface area contributed by atoms with E-state index >= 15 is 0 Å². The molecule has 2 heterocycles. The highest BCUT2D eigenvalue weighted by Crippen LogP contribution is 2.34. The fraction of sp³-hybridized carbons (Fsp3) is 0.0345. The molecule has 0 unspecified atom stereocenters. The molecule has 0 saturated carbocycles. The predicted octanol–water partition coefficient (Wildman–Crippen LogP) is 5.37. The van der Waals surface area contributed by atoms with Gasteiger partial charge in [-0.1, -0.05) is 84.9 Å². The van der Waals surface area contributed by atoms with Crippen molar-refractivity contribution in [1.29, 1.82) is 0 Å². The summed E-state index contributed by atoms with van der Waals surface area (Å²) in [5.74, 6) is 0.595. The maximum Gasteiger partial charge on any atom is 0.492 e. The fourth-order valence-corrected chi connectivity index (χ4v) is 4.56. The quantitative estimate of drug-likeness (QED) is 0.349. The lowest BCUT2D eigenvalue weighted by molar-refractivity contribution is 0.425. The van der Waals surface area contributed by atoms with Crippen LogP contribution < -0.4 is 5.46 Å². The Morgan fingerprint density at radius 3 is 1.89 bits per heavy atom. The summed E-state index contributed by atoms with van der Waals surface area (Å²) < 4.78 is 6.08. The molecule has 2 aromatic heterocycles. The molecule has 0 radical (unpaired) electrons. The minimum atomic E-state index is -1.61. The molecule has 6 aromatic rings. The van der Waals surface area contributed by atoms with Crippen molar-refractivity contribution in [3.63, 3.8) is 0 Å². The summed E-state index contributed by atoms with van der Waals surface area (Å²) in [5.41, 5.74) is 7.08. The Hall–Kier alpha value is -4.26. The molecule has 4 aromatic carbocycles. The van der Waals surface area contributed by atoms with Crippen molar-refractivity contribution in [1.82, 2.24) is 9.97 Å². The van der Waals surface area contributed by atoms with Crippen LogP contribution in [0.25, 0.3) is 55.8 Å². The number of furan rings is 1. The Morgan fingerprint density at radius 1 is 0.657 bits per heavy atom. The molecular weight excluding hydrogens is 435 g/mol. The van der Waals surface area contributed by atoms with E-state index in [-0.39, 0.29) is 0 Å². The summed E-state index contributed by atoms with van der Waals surface area (Å²) in [5, 5.41) is 21.2. The first kappa shape index (κ1) is 21.3. The van der Waals surface area contributed by atoms with Crippen LogP contribution in [0.5, 0.6) is 0 Å². The molecule has 168 valence electrons. The summed E-state index contributed by atoms with van der Waals surface area (Å²) >= 11 is 0. The number of para-hydroxylation sites is 1. The van der Waals surface area contributed by atoms with E-state index < -0.39 is 7.12 Å². The summed E-state index contributed by atoms with van der Waals surface area (Å²) in [7, 11) is -1.61. The fourth-order valence-electron chi connectivity index (χ4n) is 4.56. The van der Waals surface area contributed by atoms with Crippen molar-refractivity contribution in [2.24, 2.45) is 0 Å². The third-order valence-corrected chi connectivity index (χ3v) is 6.31. The second-order valence-corrected chi connectivity index (χ2v) is 8.51. The van der Waals surface area contributed by atoms with Crippen LogP contribution >= 0.6 is 0 Å². The molecular formula is C29H21BN2O3. The van der Waals surface area contributed by atoms with E-state index in [0.29, 0.717) is 22.5 Å². The molecule has 0 spiro atoms. The number of fused-ring (bicyclic) bond motifs is 3. The lowest BCUT2D eigenvalue weighted by atomic mass is 9.79. The van der Waals surface area contributed by atoms with Crippen LogP contribution in [-0.4, -0.2) is 27.1 Å². The average molecular weight is 456 g/mol. The van der Waals surface area contributed by atoms with E-state index in [0.717, 1.165) is 44.4 Å². The van der Waals surface area contributed by atoms with Crippen molar-refractivity contribution in [2.45, 2.75) is 6.92 Å². The van der Waals surface area contributed by atoms with Crippen LogP contribution in [0.1, 0.15) is 5.56 Å². The Morgan fingerprint density at radius 2 is 1.29 bits per heavy atom. The Kier molecular flexibility index (Phi) is 5.18. The summed E-state index contributed by atoms with van der Waals surface area (Å²) in [6.45, 7) is 2.05. The Balaban J connectivity index is 1.58. The van der Waals surface area contributed by atoms with Crippen molar-refractivity contribution >= 4 is 34.5 Å². The first-order valence-electron chi connectivity index (χ1n) is 11.4. The van der Waals surface area contributed by atoms with Gasteiger partial charge in [0.25, 0.3) is 0 Å². The molecule has 0 amide bonds. The highest BCUT2D eigenvalue weighted by Gasteiger charge is 2.20. The Bertz CT molecular complexity index is 1620. The van der Waals surface area contributed by atoms with Gasteiger partial charge in [-0.05, 0) is 19.1 Å². The van der Waals surface area contributed by atoms with Crippen LogP contribution in [0.15, 0.2) is 101 Å². The molecule has 0 aliphatic carbocycles. The minimum absolute atomic E-state index is 0.338. The van der Waals surface area contributed by atoms with Crippen molar-refractivity contribution in [3.05, 3.63) is 103 Å². The van der Waals surface area contributed by atoms with Crippen LogP contribution in [-0.2, 0) is 0 Å². The van der Waals surface area contributed by atoms with Crippen molar-refractivity contribution in [3.8, 4) is 33.9 Å². The van der Waals surface area contributed by atoms with Crippen molar-refractivity contribution < 1.29 is 14.5 Å². The largest absolute Gasteiger partial charge is 0.492 e. The standard InChI is InChI=1S/C29H21BN2O3/c1-18-26(19-9-4-2-5-10-19)31-29(32-27(18)20-11-6-3-7-12-20)21-15-16-22-23-13-8-14-24(30(33)34)28(23)35-25(22)17-21/h2-17,33-34H,1H3. The van der Waals surface area contributed by atoms with E-state index in [1.165, 1.54) is 0 Å². The van der Waals surface area contributed by atoms with Gasteiger partial charge >= 0.3 is 7.12 Å². The number of aromatic nitrogens is 2. The summed E-state index contributed by atoms with van der Waals surface area (Å²) in [6, 6.07) is 31.4. The predicted molar refractivity (Wildman–Crippen MR) is 140 cm³/mol. The number of nitrogens with zero attached hydrogens (tertiary/aromatic N) is 2. The minimum Gasteiger partial charge on any atom is -0.456 e. The van der Waals surface area contributed by atoms with Gasteiger partial charge in [-0.3, -0.25) is 0 Å². The molecule has 6 heteroatoms. The van der Waals surface area contributed by atoms with Crippen LogP contribution in [0.3, 0.4) is 0 Å². The van der Waals surface area contributed by atoms with Gasteiger partial charge in [0.2, 0.25) is 0 Å². The summed E-state index contributed by atoms with van der Waals surface area (Å²) in [4.78, 5) is 9.95. The highest BCUT2D eigenvalue weighted by atomic mass is 16.4. The lowest BCUT2D eigenvalue weighted by Crippen LogP contribution is -2.29. The zero-order valence-corrected chi connectivity index (χ0v) is 19.0. The molecule has 6 rings (SSSR count). The molecule has 0 bridgehead atoms. The maximum absolute atomic E-state index is 9.76. The van der Waals surface area contributed by atoms with Crippen LogP contribution in [0.2, 0.25) is 0 Å². The zero-order chi connectivity index (χ0) is 23.9. The average Bonchev–Trinajstić information content (AvgIpc) is 3.27. The zero-order valence-electron chi connectivity index (χ0n) is 19.0. The van der Waals surface area contributed by atoms with Crippen LogP contribution in [0, 0.1) is 6.92 Å². The van der Waals surface area contributed by atoms with E-state index in [1.54, 1.807) is 12.1 Å². The van der Waals surface area contributed by atoms with Gasteiger partial charge in [-0.15, -0.1) is 0 Å². The number of hydrogen-bond acceptors (Lipinski definition) is 5. The topological polar surface area (TPSA) is 79.4 Å². The van der Waals surface area contributed by atoms with Gasteiger partial charge in [0.15, 0.2) is 5.82 Å². The van der Waals surface area contributed by atoms with Gasteiger partial charge in [0, 0.05) is 38.5 Å². The Labute approximate surface area is 202 Å². The second kappa shape index (κ2) is 8.51. The maximum atomic E-state index is 9.76. The molecule has 0 aliphatic heterocycles. The molecule has 0 aliphatic rings. The number of hydrogen-bond donors (Lipinski definition) is 2. The van der Waals surface area contributed by atoms with Gasteiger partial charge in [-0.2, -0.15) is 0 Å². The van der Waals surface area contributed by atoms with E-state index in [1.807, 2.05) is 60.7 Å². The van der Waals surface area contributed by atoms with Gasteiger partial charge in [0.1, 0.15) is 11.2 Å². The third-order valence-electron chi connectivity index (χ3n) is 6.31. The molecule has 35 heavy (non-hydrogen) atoms. The van der Waals surface area contributed by atoms with Crippen molar-refractivity contribution in [2.75, 3.05) is 0 Å². The van der Waals surface area contributed by atoms with Crippen LogP contribution in [0.4, 0.5) is 0 Å². The molecule has 2 N–H and O–H groups in total. The molecule has 0 atom stereocenters. The second-order valence-electron chi connectivity index (χ2n) is 8.51. The normalized spacial score (nSPS) is 11.3. The summed E-state index contributed by atoms with van der Waals surface area (Å²) in [6.07, 6.45) is 0. The highest BCUT2D eigenvalue weighted by molar-refractivity contribution is 6.61. The number of rotatable bonds is 4. The van der Waals surface area contributed by atoms with E-state index in [4.69, 9.17) is 14.4 Å². The first-order chi connectivity index (χ1) is 17.1. The molecule has 0 fully saturated rings. The van der Waals surface area contributed by atoms with Gasteiger partial charge in [0.05, 0.1) is 11.4 Å². The smallest absolute Gasteiger partial charge is 0.456 e. The van der Waals surface area contributed by atoms with E-state index in [2.05, 4.69) is 31.2 Å². The first-order valence-corrected chi connectivity index (χ1v) is 11.4. The third kappa shape index (κ3) is 3.69. The SMILES string of the molecule is Cc1c(-c2ccccc2)nc(-c2ccc3c(c2)oc2c(B(O)O)cccc23)nc1-c1ccccc1. The lowest BCUT2D eigenvalue weighted by Gasteiger charge is -2.13. The van der Waals surface area contributed by atoms with Gasteiger partial charge in [-0.25, -0.2) is 9.97 Å². The molecule has 5 nitrogen and oxygen atoms in total. The molecule has 0 saturated heterocycles. The monoisotopic (exact) mass is 456 g/mol. The van der Waals surface area contributed by atoms with E-state index in [9.17, 15) is 10.0 Å².